The quantitative estimate of drug-likeness (QED) is 0.442. The maximum absolute atomic E-state index is 13.7. The van der Waals surface area contributed by atoms with Gasteiger partial charge in [-0.3, -0.25) is 0 Å². The molecule has 7 heteroatoms. The van der Waals surface area contributed by atoms with Crippen molar-refractivity contribution in [2.45, 2.75) is 38.2 Å². The van der Waals surface area contributed by atoms with Gasteiger partial charge in [0.15, 0.2) is 5.96 Å². The second-order valence-corrected chi connectivity index (χ2v) is 7.60. The third kappa shape index (κ3) is 4.78. The maximum Gasteiger partial charge on any atom is 0.270 e. The predicted octanol–water partition coefficient (Wildman–Crippen LogP) is 4.32. The lowest BCUT2D eigenvalue weighted by molar-refractivity contribution is -0.110. The first-order valence-electron chi connectivity index (χ1n) is 9.13. The molecule has 2 unspecified atom stereocenters. The van der Waals surface area contributed by atoms with Gasteiger partial charge in [0.2, 0.25) is 0 Å². The Kier molecular flexibility index (Phi) is 6.40. The third-order valence-electron chi connectivity index (χ3n) is 5.06. The molecule has 0 heterocycles. The van der Waals surface area contributed by atoms with E-state index in [4.69, 9.17) is 5.73 Å². The Morgan fingerprint density at radius 1 is 1.14 bits per heavy atom. The van der Waals surface area contributed by atoms with E-state index < -0.39 is 23.2 Å². The highest BCUT2D eigenvalue weighted by atomic mass is 19.3. The largest absolute Gasteiger partial charge is 0.370 e. The highest BCUT2D eigenvalue weighted by Crippen LogP contribution is 2.41. The summed E-state index contributed by atoms with van der Waals surface area (Å²) in [5, 5.41) is 0. The van der Waals surface area contributed by atoms with E-state index in [-0.39, 0.29) is 11.5 Å². The highest BCUT2D eigenvalue weighted by Gasteiger charge is 2.39. The normalized spacial score (nSPS) is 15.5. The summed E-state index contributed by atoms with van der Waals surface area (Å²) < 4.78 is 40.8. The molecule has 2 rings (SSSR count). The smallest absolute Gasteiger partial charge is 0.270 e. The van der Waals surface area contributed by atoms with E-state index in [0.29, 0.717) is 23.0 Å². The monoisotopic (exact) mass is 405 g/mol. The van der Waals surface area contributed by atoms with Gasteiger partial charge in [-0.25, -0.2) is 18.2 Å². The molecule has 0 bridgehead atoms. The molecule has 0 fully saturated rings. The van der Waals surface area contributed by atoms with Crippen LogP contribution in [0.4, 0.5) is 13.2 Å². The molecule has 0 spiro atoms. The van der Waals surface area contributed by atoms with Crippen LogP contribution in [0.1, 0.15) is 42.0 Å². The molecule has 2 aromatic rings. The molecule has 2 atom stereocenters. The van der Waals surface area contributed by atoms with Gasteiger partial charge < -0.3 is 15.4 Å². The molecular weight excluding hydrogens is 379 g/mol. The molecule has 0 aliphatic carbocycles. The number of halogens is 3. The van der Waals surface area contributed by atoms with E-state index in [1.807, 2.05) is 0 Å². The van der Waals surface area contributed by atoms with E-state index in [9.17, 15) is 18.0 Å². The zero-order chi connectivity index (χ0) is 22.0. The van der Waals surface area contributed by atoms with Gasteiger partial charge in [0.1, 0.15) is 17.6 Å². The van der Waals surface area contributed by atoms with Crippen molar-refractivity contribution in [3.05, 3.63) is 70.5 Å². The molecule has 2 aromatic carbocycles. The van der Waals surface area contributed by atoms with Crippen LogP contribution in [0.2, 0.25) is 0 Å². The fraction of sp³-hybridized carbons (Fsp3) is 0.364. The van der Waals surface area contributed by atoms with Crippen LogP contribution in [-0.2, 0) is 16.3 Å². The Morgan fingerprint density at radius 2 is 1.72 bits per heavy atom. The minimum absolute atomic E-state index is 0.151. The van der Waals surface area contributed by atoms with Crippen LogP contribution in [0.3, 0.4) is 0 Å². The molecular formula is C22H26F3N3O. The number of carbonyl (C=O) groups is 1. The Bertz CT molecular complexity index is 905. The molecule has 4 nitrogen and oxygen atoms in total. The first kappa shape index (κ1) is 22.5. The lowest BCUT2D eigenvalue weighted by atomic mass is 9.75. The van der Waals surface area contributed by atoms with Crippen LogP contribution in [0.15, 0.2) is 47.5 Å². The van der Waals surface area contributed by atoms with Crippen LogP contribution in [0.25, 0.3) is 0 Å². The number of carbonyl (C=O) groups excluding carboxylic acids is 1. The molecule has 0 amide bonds. The molecule has 0 radical (unpaired) electrons. The Balaban J connectivity index is 2.68. The Hall–Kier alpha value is -2.83. The Morgan fingerprint density at radius 3 is 2.17 bits per heavy atom. The second kappa shape index (κ2) is 8.27. The zero-order valence-electron chi connectivity index (χ0n) is 17.2. The van der Waals surface area contributed by atoms with Gasteiger partial charge in [-0.2, -0.15) is 0 Å². The standard InChI is InChI=1S/C22H26F3N3O/c1-14-12-17(23)10-11-18(14)21(2,27-20(26)28(4)5)19(13-29)15-6-8-16(9-7-15)22(3,24)25/h6-13,19H,1-5H3,(H2,26,27). The molecule has 0 aliphatic heterocycles. The van der Waals surface area contributed by atoms with Crippen molar-refractivity contribution in [3.8, 4) is 0 Å². The van der Waals surface area contributed by atoms with Crippen LogP contribution in [0.5, 0.6) is 0 Å². The predicted molar refractivity (Wildman–Crippen MR) is 109 cm³/mol. The average molecular weight is 405 g/mol. The fourth-order valence-electron chi connectivity index (χ4n) is 3.35. The van der Waals surface area contributed by atoms with E-state index in [1.54, 1.807) is 38.9 Å². The summed E-state index contributed by atoms with van der Waals surface area (Å²) in [5.74, 6) is -4.04. The van der Waals surface area contributed by atoms with Gasteiger partial charge in [0, 0.05) is 26.6 Å². The second-order valence-electron chi connectivity index (χ2n) is 7.60. The van der Waals surface area contributed by atoms with Crippen molar-refractivity contribution in [2.75, 3.05) is 14.1 Å². The van der Waals surface area contributed by atoms with Gasteiger partial charge in [-0.05, 0) is 42.7 Å². The van der Waals surface area contributed by atoms with E-state index in [0.717, 1.165) is 6.92 Å². The number of aryl methyl sites for hydroxylation is 1. The van der Waals surface area contributed by atoms with Gasteiger partial charge in [0.25, 0.3) is 5.92 Å². The van der Waals surface area contributed by atoms with Crippen molar-refractivity contribution in [1.82, 2.24) is 4.90 Å². The lowest BCUT2D eigenvalue weighted by Crippen LogP contribution is -2.38. The number of guanidine groups is 1. The summed E-state index contributed by atoms with van der Waals surface area (Å²) in [5.41, 5.74) is 6.46. The van der Waals surface area contributed by atoms with Gasteiger partial charge >= 0.3 is 0 Å². The van der Waals surface area contributed by atoms with Gasteiger partial charge in [0.05, 0.1) is 5.92 Å². The molecule has 0 saturated heterocycles. The summed E-state index contributed by atoms with van der Waals surface area (Å²) in [6, 6.07) is 9.80. The van der Waals surface area contributed by atoms with Crippen LogP contribution in [-0.4, -0.2) is 31.2 Å². The molecule has 2 N–H and O–H groups in total. The maximum atomic E-state index is 13.7. The molecule has 156 valence electrons. The van der Waals surface area contributed by atoms with Crippen molar-refractivity contribution in [3.63, 3.8) is 0 Å². The minimum atomic E-state index is -2.99. The third-order valence-corrected chi connectivity index (χ3v) is 5.06. The van der Waals surface area contributed by atoms with Crippen molar-refractivity contribution >= 4 is 12.2 Å². The van der Waals surface area contributed by atoms with E-state index >= 15 is 0 Å². The summed E-state index contributed by atoms with van der Waals surface area (Å²) >= 11 is 0. The lowest BCUT2D eigenvalue weighted by Gasteiger charge is -2.34. The first-order valence-corrected chi connectivity index (χ1v) is 9.13. The highest BCUT2D eigenvalue weighted by molar-refractivity contribution is 5.79. The topological polar surface area (TPSA) is 58.7 Å². The van der Waals surface area contributed by atoms with E-state index in [2.05, 4.69) is 4.99 Å². The number of nitrogens with two attached hydrogens (primary N) is 1. The van der Waals surface area contributed by atoms with Crippen LogP contribution in [0, 0.1) is 12.7 Å². The number of benzene rings is 2. The minimum Gasteiger partial charge on any atom is -0.370 e. The number of hydrogen-bond acceptors (Lipinski definition) is 2. The van der Waals surface area contributed by atoms with Gasteiger partial charge in [-0.15, -0.1) is 0 Å². The van der Waals surface area contributed by atoms with Crippen molar-refractivity contribution in [2.24, 2.45) is 10.7 Å². The molecule has 0 aromatic heterocycles. The number of alkyl halides is 2. The van der Waals surface area contributed by atoms with E-state index in [1.165, 1.54) is 36.4 Å². The number of aldehydes is 1. The molecule has 0 saturated carbocycles. The summed E-state index contributed by atoms with van der Waals surface area (Å²) in [4.78, 5) is 18.4. The molecule has 29 heavy (non-hydrogen) atoms. The average Bonchev–Trinajstić information content (AvgIpc) is 2.61. The van der Waals surface area contributed by atoms with Crippen LogP contribution < -0.4 is 5.73 Å². The zero-order valence-corrected chi connectivity index (χ0v) is 17.2. The fourth-order valence-corrected chi connectivity index (χ4v) is 3.35. The number of rotatable bonds is 6. The number of aliphatic imine (C=N–C) groups is 1. The summed E-state index contributed by atoms with van der Waals surface area (Å²) in [6.45, 7) is 4.26. The Labute approximate surface area is 169 Å². The van der Waals surface area contributed by atoms with Crippen molar-refractivity contribution in [1.29, 1.82) is 0 Å². The van der Waals surface area contributed by atoms with Crippen molar-refractivity contribution < 1.29 is 18.0 Å². The number of hydrogen-bond donors (Lipinski definition) is 1. The number of nitrogens with zero attached hydrogens (tertiary/aromatic N) is 2. The SMILES string of the molecule is Cc1cc(F)ccc1C(C)(N=C(N)N(C)C)C(C=O)c1ccc(C(C)(F)F)cc1. The molecule has 0 aliphatic rings. The first-order chi connectivity index (χ1) is 13.4. The van der Waals surface area contributed by atoms with Gasteiger partial charge in [-0.1, -0.05) is 30.3 Å². The summed E-state index contributed by atoms with van der Waals surface area (Å²) in [6.07, 6.45) is 0.717. The van der Waals surface area contributed by atoms with Crippen LogP contribution >= 0.6 is 0 Å². The summed E-state index contributed by atoms with van der Waals surface area (Å²) in [7, 11) is 3.43.